The molecule has 2 aromatic heterocycles. The van der Waals surface area contributed by atoms with Gasteiger partial charge in [0.2, 0.25) is 11.7 Å². The van der Waals surface area contributed by atoms with Crippen LogP contribution in [0.2, 0.25) is 0 Å². The van der Waals surface area contributed by atoms with Crippen LogP contribution in [0, 0.1) is 0 Å². The fourth-order valence-electron chi connectivity index (χ4n) is 3.74. The Morgan fingerprint density at radius 3 is 2.73 bits per heavy atom. The number of fused-ring (bicyclic) bond motifs is 1. The normalized spacial score (nSPS) is 10.9. The summed E-state index contributed by atoms with van der Waals surface area (Å²) in [6.45, 7) is 2.37. The van der Waals surface area contributed by atoms with Crippen LogP contribution in [0.1, 0.15) is 28.7 Å². The summed E-state index contributed by atoms with van der Waals surface area (Å²) in [5.74, 6) is 1.38. The lowest BCUT2D eigenvalue weighted by Crippen LogP contribution is -2.15. The lowest BCUT2D eigenvalue weighted by atomic mass is 10.0. The summed E-state index contributed by atoms with van der Waals surface area (Å²) in [4.78, 5) is 18.9. The molecule has 0 saturated carbocycles. The molecular weight excluding hydrogens is 434 g/mol. The quantitative estimate of drug-likeness (QED) is 0.316. The molecule has 0 saturated heterocycles. The molecule has 0 fully saturated rings. The lowest BCUT2D eigenvalue weighted by Gasteiger charge is -2.15. The second-order valence-corrected chi connectivity index (χ2v) is 8.32. The highest BCUT2D eigenvalue weighted by molar-refractivity contribution is 7.13. The Hall–Kier alpha value is -3.97. The van der Waals surface area contributed by atoms with E-state index in [2.05, 4.69) is 15.5 Å². The number of aromatic nitrogens is 2. The first kappa shape index (κ1) is 20.9. The maximum atomic E-state index is 13.4. The van der Waals surface area contributed by atoms with Crippen molar-refractivity contribution in [2.75, 3.05) is 11.9 Å². The molecule has 6 nitrogen and oxygen atoms in total. The maximum Gasteiger partial charge on any atom is 0.260 e. The van der Waals surface area contributed by atoms with Crippen LogP contribution >= 0.6 is 11.3 Å². The number of nitrogens with zero attached hydrogens (tertiary/aromatic N) is 2. The molecule has 7 heteroatoms. The van der Waals surface area contributed by atoms with Crippen molar-refractivity contribution in [2.45, 2.75) is 13.3 Å². The maximum absolute atomic E-state index is 13.4. The van der Waals surface area contributed by atoms with Gasteiger partial charge in [0.1, 0.15) is 5.75 Å². The average molecular weight is 456 g/mol. The Balaban J connectivity index is 1.44. The van der Waals surface area contributed by atoms with E-state index in [0.717, 1.165) is 21.2 Å². The van der Waals surface area contributed by atoms with Gasteiger partial charge in [0, 0.05) is 5.69 Å². The second-order valence-electron chi connectivity index (χ2n) is 7.37. The highest BCUT2D eigenvalue weighted by Gasteiger charge is 2.19. The van der Waals surface area contributed by atoms with Gasteiger partial charge in [0.05, 0.1) is 23.5 Å². The number of para-hydroxylation sites is 1. The van der Waals surface area contributed by atoms with Crippen LogP contribution < -0.4 is 10.1 Å². The number of nitrogens with one attached hydrogen (secondary N) is 1. The molecule has 0 atom stereocenters. The van der Waals surface area contributed by atoms with Crippen LogP contribution in [0.3, 0.4) is 0 Å². The van der Waals surface area contributed by atoms with Gasteiger partial charge in [-0.05, 0) is 46.8 Å². The first-order valence-electron chi connectivity index (χ1n) is 10.6. The minimum Gasteiger partial charge on any atom is -0.493 e. The van der Waals surface area contributed by atoms with Crippen molar-refractivity contribution >= 4 is 33.7 Å². The van der Waals surface area contributed by atoms with Gasteiger partial charge >= 0.3 is 0 Å². The fraction of sp³-hybridized carbons (Fsp3) is 0.115. The van der Waals surface area contributed by atoms with E-state index >= 15 is 0 Å². The molecule has 0 aliphatic heterocycles. The molecule has 0 aliphatic rings. The lowest BCUT2D eigenvalue weighted by molar-refractivity contribution is 0.102. The molecule has 0 radical (unpaired) electrons. The number of amides is 1. The molecule has 1 amide bonds. The zero-order valence-corrected chi connectivity index (χ0v) is 18.8. The van der Waals surface area contributed by atoms with Crippen molar-refractivity contribution < 1.29 is 14.1 Å². The summed E-state index contributed by atoms with van der Waals surface area (Å²) in [7, 11) is 0. The van der Waals surface area contributed by atoms with Crippen LogP contribution in [0.5, 0.6) is 5.75 Å². The number of hydrogen-bond acceptors (Lipinski definition) is 6. The number of anilines is 1. The van der Waals surface area contributed by atoms with Crippen LogP contribution in [-0.4, -0.2) is 22.7 Å². The van der Waals surface area contributed by atoms with Crippen molar-refractivity contribution in [2.24, 2.45) is 0 Å². The van der Waals surface area contributed by atoms with E-state index in [-0.39, 0.29) is 5.91 Å². The van der Waals surface area contributed by atoms with E-state index < -0.39 is 0 Å². The number of hydrogen-bond donors (Lipinski definition) is 1. The van der Waals surface area contributed by atoms with E-state index in [9.17, 15) is 4.79 Å². The van der Waals surface area contributed by atoms with Crippen molar-refractivity contribution in [3.05, 3.63) is 95.2 Å². The molecular formula is C26H21N3O3S. The Labute approximate surface area is 194 Å². The Bertz CT molecular complexity index is 1410. The number of carbonyl (C=O) groups excluding carboxylic acids is 1. The van der Waals surface area contributed by atoms with E-state index in [1.807, 2.05) is 85.1 Å². The Morgan fingerprint density at radius 2 is 1.88 bits per heavy atom. The topological polar surface area (TPSA) is 77.2 Å². The van der Waals surface area contributed by atoms with Gasteiger partial charge in [-0.3, -0.25) is 4.79 Å². The molecule has 164 valence electrons. The molecule has 0 aliphatic carbocycles. The van der Waals surface area contributed by atoms with Crippen LogP contribution in [0.25, 0.3) is 21.5 Å². The van der Waals surface area contributed by atoms with Gasteiger partial charge in [-0.25, -0.2) is 0 Å². The van der Waals surface area contributed by atoms with Crippen LogP contribution in [0.15, 0.2) is 82.7 Å². The predicted molar refractivity (Wildman–Crippen MR) is 130 cm³/mol. The van der Waals surface area contributed by atoms with E-state index in [1.165, 1.54) is 0 Å². The summed E-state index contributed by atoms with van der Waals surface area (Å²) in [5, 5.41) is 10.9. The van der Waals surface area contributed by atoms with Crippen LogP contribution in [0.4, 0.5) is 5.69 Å². The molecule has 0 spiro atoms. The molecule has 0 unspecified atom stereocenters. The summed E-state index contributed by atoms with van der Waals surface area (Å²) in [6, 6.07) is 23.1. The number of carbonyl (C=O) groups is 1. The van der Waals surface area contributed by atoms with E-state index in [4.69, 9.17) is 9.26 Å². The summed E-state index contributed by atoms with van der Waals surface area (Å²) >= 11 is 1.56. The van der Waals surface area contributed by atoms with Crippen LogP contribution in [-0.2, 0) is 6.42 Å². The highest BCUT2D eigenvalue weighted by Crippen LogP contribution is 2.30. The molecule has 1 N–H and O–H groups in total. The second kappa shape index (κ2) is 9.26. The fourth-order valence-corrected chi connectivity index (χ4v) is 4.39. The van der Waals surface area contributed by atoms with Gasteiger partial charge in [0.25, 0.3) is 5.91 Å². The summed E-state index contributed by atoms with van der Waals surface area (Å²) < 4.78 is 11.2. The standard InChI is InChI=1S/C26H21N3O3S/c1-2-31-21-14-13-17-8-3-5-10-19(17)24(21)26(30)27-20-11-6-4-9-18(20)16-23-28-25(29-32-23)22-12-7-15-33-22/h3-15H,2,16H2,1H3,(H,27,30). The monoisotopic (exact) mass is 455 g/mol. The Kier molecular flexibility index (Phi) is 5.87. The number of rotatable bonds is 7. The van der Waals surface area contributed by atoms with Gasteiger partial charge in [-0.2, -0.15) is 4.98 Å². The zero-order chi connectivity index (χ0) is 22.6. The largest absolute Gasteiger partial charge is 0.493 e. The third-order valence-electron chi connectivity index (χ3n) is 5.23. The predicted octanol–water partition coefficient (Wildman–Crippen LogP) is 6.19. The summed E-state index contributed by atoms with van der Waals surface area (Å²) in [6.07, 6.45) is 0.405. The first-order chi connectivity index (χ1) is 16.2. The average Bonchev–Trinajstić information content (AvgIpc) is 3.52. The van der Waals surface area contributed by atoms with Crippen molar-refractivity contribution in [1.29, 1.82) is 0 Å². The molecule has 0 bridgehead atoms. The van der Waals surface area contributed by atoms with Gasteiger partial charge in [-0.15, -0.1) is 11.3 Å². The zero-order valence-electron chi connectivity index (χ0n) is 17.9. The first-order valence-corrected chi connectivity index (χ1v) is 11.5. The van der Waals surface area contributed by atoms with Gasteiger partial charge < -0.3 is 14.6 Å². The summed E-state index contributed by atoms with van der Waals surface area (Å²) in [5.41, 5.74) is 2.08. The minimum atomic E-state index is -0.229. The smallest absolute Gasteiger partial charge is 0.260 e. The molecule has 2 heterocycles. The Morgan fingerprint density at radius 1 is 1.03 bits per heavy atom. The molecule has 5 rings (SSSR count). The molecule has 5 aromatic rings. The SMILES string of the molecule is CCOc1ccc2ccccc2c1C(=O)Nc1ccccc1Cc1nc(-c2cccs2)no1. The van der Waals surface area contributed by atoms with Crippen molar-refractivity contribution in [3.63, 3.8) is 0 Å². The number of ether oxygens (including phenoxy) is 1. The third kappa shape index (κ3) is 4.36. The van der Waals surface area contributed by atoms with Gasteiger partial charge in [0.15, 0.2) is 0 Å². The molecule has 3 aromatic carbocycles. The third-order valence-corrected chi connectivity index (χ3v) is 6.10. The molecule has 33 heavy (non-hydrogen) atoms. The number of benzene rings is 3. The van der Waals surface area contributed by atoms with E-state index in [1.54, 1.807) is 11.3 Å². The van der Waals surface area contributed by atoms with Gasteiger partial charge in [-0.1, -0.05) is 59.8 Å². The highest BCUT2D eigenvalue weighted by atomic mass is 32.1. The minimum absolute atomic E-state index is 0.229. The van der Waals surface area contributed by atoms with E-state index in [0.29, 0.717) is 41.7 Å². The van der Waals surface area contributed by atoms with Crippen molar-refractivity contribution in [1.82, 2.24) is 10.1 Å². The number of thiophene rings is 1. The van der Waals surface area contributed by atoms with Crippen molar-refractivity contribution in [3.8, 4) is 16.5 Å².